The van der Waals surface area contributed by atoms with Crippen molar-refractivity contribution < 1.29 is 0 Å². The number of aryl methyl sites for hydroxylation is 1. The zero-order chi connectivity index (χ0) is 8.43. The summed E-state index contributed by atoms with van der Waals surface area (Å²) < 4.78 is 1.96. The van der Waals surface area contributed by atoms with E-state index in [1.807, 2.05) is 11.6 Å². The maximum Gasteiger partial charge on any atom is 0.0722 e. The van der Waals surface area contributed by atoms with Crippen molar-refractivity contribution in [2.45, 2.75) is 33.7 Å². The number of hydrogen-bond acceptors (Lipinski definition) is 2. The fraction of sp³-hybridized carbons (Fsp3) is 0.750. The number of hydrogen-bond donors (Lipinski definition) is 0. The summed E-state index contributed by atoms with van der Waals surface area (Å²) in [6.45, 7) is 8.56. The average Bonchev–Trinajstić information content (AvgIpc) is 2.33. The lowest BCUT2D eigenvalue weighted by atomic mass is 10.1. The van der Waals surface area contributed by atoms with E-state index < -0.39 is 0 Å². The molecule has 0 saturated heterocycles. The smallest absolute Gasteiger partial charge is 0.0722 e. The highest BCUT2D eigenvalue weighted by Crippen LogP contribution is 2.16. The molecule has 0 N–H and O–H groups in total. The van der Waals surface area contributed by atoms with E-state index in [4.69, 9.17) is 0 Å². The molecule has 1 atom stereocenters. The Balaban J connectivity index is 2.84. The Morgan fingerprint density at radius 2 is 2.00 bits per heavy atom. The fourth-order valence-electron chi connectivity index (χ4n) is 0.980. The van der Waals surface area contributed by atoms with Crippen LogP contribution in [0.4, 0.5) is 0 Å². The molecule has 62 valence electrons. The van der Waals surface area contributed by atoms with Gasteiger partial charge in [0, 0.05) is 0 Å². The summed E-state index contributed by atoms with van der Waals surface area (Å²) in [6, 6.07) is 0.442. The van der Waals surface area contributed by atoms with Gasteiger partial charge in [-0.3, -0.25) is 0 Å². The molecule has 3 nitrogen and oxygen atoms in total. The van der Waals surface area contributed by atoms with E-state index in [2.05, 4.69) is 31.1 Å². The van der Waals surface area contributed by atoms with Gasteiger partial charge in [0.1, 0.15) is 0 Å². The van der Waals surface area contributed by atoms with Crippen molar-refractivity contribution >= 4 is 0 Å². The third kappa shape index (κ3) is 1.59. The van der Waals surface area contributed by atoms with Gasteiger partial charge in [0.25, 0.3) is 0 Å². The minimum Gasteiger partial charge on any atom is -0.247 e. The summed E-state index contributed by atoms with van der Waals surface area (Å²) in [5, 5.41) is 7.84. The van der Waals surface area contributed by atoms with Crippen LogP contribution < -0.4 is 0 Å². The van der Waals surface area contributed by atoms with Gasteiger partial charge in [0.05, 0.1) is 17.9 Å². The van der Waals surface area contributed by atoms with Gasteiger partial charge in [-0.1, -0.05) is 19.1 Å². The highest BCUT2D eigenvalue weighted by atomic mass is 15.4. The minimum atomic E-state index is 0.442. The number of aromatic nitrogens is 3. The van der Waals surface area contributed by atoms with Crippen molar-refractivity contribution in [2.75, 3.05) is 0 Å². The Hall–Kier alpha value is -0.860. The van der Waals surface area contributed by atoms with Crippen molar-refractivity contribution in [3.63, 3.8) is 0 Å². The van der Waals surface area contributed by atoms with Crippen molar-refractivity contribution in [3.8, 4) is 0 Å². The molecule has 0 bridgehead atoms. The van der Waals surface area contributed by atoms with E-state index >= 15 is 0 Å². The summed E-state index contributed by atoms with van der Waals surface area (Å²) in [7, 11) is 0. The molecule has 0 aliphatic carbocycles. The number of nitrogens with zero attached hydrogens (tertiary/aromatic N) is 3. The quantitative estimate of drug-likeness (QED) is 0.648. The number of rotatable bonds is 2. The molecule has 0 aromatic carbocycles. The van der Waals surface area contributed by atoms with Crippen LogP contribution in [0.1, 0.15) is 32.5 Å². The monoisotopic (exact) mass is 153 g/mol. The molecule has 0 aliphatic rings. The first-order valence-electron chi connectivity index (χ1n) is 3.99. The van der Waals surface area contributed by atoms with E-state index in [1.165, 1.54) is 0 Å². The van der Waals surface area contributed by atoms with E-state index in [-0.39, 0.29) is 0 Å². The molecule has 0 amide bonds. The van der Waals surface area contributed by atoms with Crippen molar-refractivity contribution in [1.29, 1.82) is 0 Å². The second-order valence-electron chi connectivity index (χ2n) is 3.30. The molecule has 1 unspecified atom stereocenters. The Labute approximate surface area is 67.4 Å². The van der Waals surface area contributed by atoms with Gasteiger partial charge in [0.2, 0.25) is 0 Å². The Kier molecular flexibility index (Phi) is 2.27. The van der Waals surface area contributed by atoms with Gasteiger partial charge in [0.15, 0.2) is 0 Å². The van der Waals surface area contributed by atoms with Crippen molar-refractivity contribution in [2.24, 2.45) is 5.92 Å². The van der Waals surface area contributed by atoms with Gasteiger partial charge in [-0.25, -0.2) is 4.68 Å². The largest absolute Gasteiger partial charge is 0.247 e. The summed E-state index contributed by atoms with van der Waals surface area (Å²) in [6.07, 6.45) is 1.79. The Bertz CT molecular complexity index is 227. The van der Waals surface area contributed by atoms with Crippen molar-refractivity contribution in [3.05, 3.63) is 11.9 Å². The lowest BCUT2D eigenvalue weighted by molar-refractivity contribution is 0.362. The van der Waals surface area contributed by atoms with Gasteiger partial charge in [-0.15, -0.1) is 5.10 Å². The molecule has 1 aromatic heterocycles. The molecule has 0 fully saturated rings. The maximum absolute atomic E-state index is 4.00. The van der Waals surface area contributed by atoms with Gasteiger partial charge in [-0.05, 0) is 19.8 Å². The lowest BCUT2D eigenvalue weighted by Gasteiger charge is -2.16. The van der Waals surface area contributed by atoms with E-state index in [0.29, 0.717) is 12.0 Å². The standard InChI is InChI=1S/C8H15N3/c1-6(2)8(4)11-7(3)5-9-10-11/h5-6,8H,1-4H3. The zero-order valence-electron chi connectivity index (χ0n) is 7.57. The molecular formula is C8H15N3. The summed E-state index contributed by atoms with van der Waals surface area (Å²) in [4.78, 5) is 0. The lowest BCUT2D eigenvalue weighted by Crippen LogP contribution is -2.14. The normalized spacial score (nSPS) is 13.9. The third-order valence-electron chi connectivity index (χ3n) is 2.10. The summed E-state index contributed by atoms with van der Waals surface area (Å²) in [5.41, 5.74) is 1.13. The van der Waals surface area contributed by atoms with Crippen LogP contribution in [-0.2, 0) is 0 Å². The first-order chi connectivity index (χ1) is 5.13. The molecule has 0 radical (unpaired) electrons. The Morgan fingerprint density at radius 3 is 2.36 bits per heavy atom. The van der Waals surface area contributed by atoms with Crippen LogP contribution in [-0.4, -0.2) is 15.0 Å². The summed E-state index contributed by atoms with van der Waals surface area (Å²) in [5.74, 6) is 0.607. The van der Waals surface area contributed by atoms with Gasteiger partial charge >= 0.3 is 0 Å². The highest BCUT2D eigenvalue weighted by Gasteiger charge is 2.11. The van der Waals surface area contributed by atoms with Crippen LogP contribution in [0.2, 0.25) is 0 Å². The van der Waals surface area contributed by atoms with E-state index in [9.17, 15) is 0 Å². The second kappa shape index (κ2) is 3.03. The first-order valence-corrected chi connectivity index (χ1v) is 3.99. The minimum absolute atomic E-state index is 0.442. The zero-order valence-corrected chi connectivity index (χ0v) is 7.57. The molecule has 1 rings (SSSR count). The van der Waals surface area contributed by atoms with Crippen LogP contribution in [0.15, 0.2) is 6.20 Å². The van der Waals surface area contributed by atoms with Crippen LogP contribution >= 0.6 is 0 Å². The maximum atomic E-state index is 4.00. The van der Waals surface area contributed by atoms with Gasteiger partial charge in [-0.2, -0.15) is 0 Å². The third-order valence-corrected chi connectivity index (χ3v) is 2.10. The molecular weight excluding hydrogens is 138 g/mol. The fourth-order valence-corrected chi connectivity index (χ4v) is 0.980. The molecule has 0 spiro atoms. The SMILES string of the molecule is Cc1cnnn1C(C)C(C)C. The molecule has 1 heterocycles. The molecule has 11 heavy (non-hydrogen) atoms. The first kappa shape index (κ1) is 8.24. The van der Waals surface area contributed by atoms with Crippen LogP contribution in [0.3, 0.4) is 0 Å². The second-order valence-corrected chi connectivity index (χ2v) is 3.30. The van der Waals surface area contributed by atoms with Crippen LogP contribution in [0.25, 0.3) is 0 Å². The summed E-state index contributed by atoms with van der Waals surface area (Å²) >= 11 is 0. The molecule has 3 heteroatoms. The molecule has 1 aromatic rings. The Morgan fingerprint density at radius 1 is 1.36 bits per heavy atom. The molecule has 0 aliphatic heterocycles. The van der Waals surface area contributed by atoms with Gasteiger partial charge < -0.3 is 0 Å². The predicted octanol–water partition coefficient (Wildman–Crippen LogP) is 1.80. The van der Waals surface area contributed by atoms with Crippen LogP contribution in [0, 0.1) is 12.8 Å². The van der Waals surface area contributed by atoms with Crippen LogP contribution in [0.5, 0.6) is 0 Å². The van der Waals surface area contributed by atoms with E-state index in [0.717, 1.165) is 5.69 Å². The highest BCUT2D eigenvalue weighted by molar-refractivity contribution is 4.90. The van der Waals surface area contributed by atoms with E-state index in [1.54, 1.807) is 6.20 Å². The topological polar surface area (TPSA) is 30.7 Å². The average molecular weight is 153 g/mol. The molecule has 0 saturated carbocycles. The predicted molar refractivity (Wildman–Crippen MR) is 44.3 cm³/mol. The van der Waals surface area contributed by atoms with Crippen molar-refractivity contribution in [1.82, 2.24) is 15.0 Å².